The number of hydrogen-bond donors (Lipinski definition) is 1. The Labute approximate surface area is 142 Å². The van der Waals surface area contributed by atoms with Crippen LogP contribution < -0.4 is 5.32 Å². The van der Waals surface area contributed by atoms with Crippen molar-refractivity contribution in [1.29, 1.82) is 0 Å². The summed E-state index contributed by atoms with van der Waals surface area (Å²) in [6.07, 6.45) is 1.78. The second-order valence-corrected chi connectivity index (χ2v) is 6.91. The third-order valence-electron chi connectivity index (χ3n) is 2.98. The van der Waals surface area contributed by atoms with Crippen LogP contribution in [0.4, 0.5) is 5.69 Å². The van der Waals surface area contributed by atoms with Gasteiger partial charge in [-0.15, -0.1) is 16.8 Å². The number of benzene rings is 1. The molecule has 1 aromatic carbocycles. The molecule has 1 atom stereocenters. The maximum absolute atomic E-state index is 12.3. The third-order valence-corrected chi connectivity index (χ3v) is 4.59. The number of aryl methyl sites for hydroxylation is 1. The van der Waals surface area contributed by atoms with E-state index in [4.69, 9.17) is 0 Å². The summed E-state index contributed by atoms with van der Waals surface area (Å²) in [5.41, 5.74) is 0.768. The van der Waals surface area contributed by atoms with E-state index in [1.807, 2.05) is 42.7 Å². The predicted molar refractivity (Wildman–Crippen MR) is 93.0 cm³/mol. The molecule has 0 bridgehead atoms. The Morgan fingerprint density at radius 3 is 2.77 bits per heavy atom. The molecule has 116 valence electrons. The van der Waals surface area contributed by atoms with Gasteiger partial charge in [-0.2, -0.15) is 0 Å². The SMILES string of the molecule is C=CCn1c(C)nnc1S[C@H](C)C(=O)Nc1ccc(Br)cc1. The summed E-state index contributed by atoms with van der Waals surface area (Å²) in [5.74, 6) is 0.737. The first-order valence-electron chi connectivity index (χ1n) is 6.75. The highest BCUT2D eigenvalue weighted by Crippen LogP contribution is 2.23. The number of hydrogen-bond acceptors (Lipinski definition) is 4. The van der Waals surface area contributed by atoms with Crippen molar-refractivity contribution < 1.29 is 4.79 Å². The highest BCUT2D eigenvalue weighted by atomic mass is 79.9. The van der Waals surface area contributed by atoms with E-state index in [1.165, 1.54) is 11.8 Å². The van der Waals surface area contributed by atoms with E-state index in [0.717, 1.165) is 21.1 Å². The van der Waals surface area contributed by atoms with Gasteiger partial charge in [0.2, 0.25) is 5.91 Å². The van der Waals surface area contributed by atoms with E-state index >= 15 is 0 Å². The first kappa shape index (κ1) is 16.8. The Balaban J connectivity index is 2.02. The molecule has 1 amide bonds. The number of halogens is 1. The maximum Gasteiger partial charge on any atom is 0.237 e. The van der Waals surface area contributed by atoms with Crippen molar-refractivity contribution in [2.75, 3.05) is 5.32 Å². The number of thioether (sulfide) groups is 1. The molecule has 0 aliphatic carbocycles. The van der Waals surface area contributed by atoms with Crippen LogP contribution in [-0.4, -0.2) is 25.9 Å². The van der Waals surface area contributed by atoms with Gasteiger partial charge in [0.1, 0.15) is 5.82 Å². The molecule has 2 rings (SSSR count). The van der Waals surface area contributed by atoms with Gasteiger partial charge < -0.3 is 9.88 Å². The average Bonchev–Trinajstić information content (AvgIpc) is 2.83. The molecule has 22 heavy (non-hydrogen) atoms. The van der Waals surface area contributed by atoms with Crippen molar-refractivity contribution in [2.24, 2.45) is 0 Å². The maximum atomic E-state index is 12.3. The number of nitrogens with zero attached hydrogens (tertiary/aromatic N) is 3. The Morgan fingerprint density at radius 2 is 2.14 bits per heavy atom. The molecule has 0 spiro atoms. The molecule has 1 heterocycles. The summed E-state index contributed by atoms with van der Waals surface area (Å²) in [6, 6.07) is 7.47. The average molecular weight is 381 g/mol. The van der Waals surface area contributed by atoms with E-state index < -0.39 is 0 Å². The van der Waals surface area contributed by atoms with Crippen LogP contribution in [0.3, 0.4) is 0 Å². The molecule has 0 aliphatic heterocycles. The summed E-state index contributed by atoms with van der Waals surface area (Å²) in [5, 5.41) is 11.5. The van der Waals surface area contributed by atoms with Crippen LogP contribution in [0.5, 0.6) is 0 Å². The minimum absolute atomic E-state index is 0.0712. The van der Waals surface area contributed by atoms with Crippen LogP contribution in [0.1, 0.15) is 12.7 Å². The number of carbonyl (C=O) groups excluding carboxylic acids is 1. The molecule has 1 aromatic heterocycles. The van der Waals surface area contributed by atoms with Gasteiger partial charge in [-0.25, -0.2) is 0 Å². The minimum atomic E-state index is -0.282. The Morgan fingerprint density at radius 1 is 1.45 bits per heavy atom. The van der Waals surface area contributed by atoms with Crippen LogP contribution in [0.15, 0.2) is 46.5 Å². The zero-order valence-electron chi connectivity index (χ0n) is 12.4. The van der Waals surface area contributed by atoms with Gasteiger partial charge in [0, 0.05) is 16.7 Å². The second-order valence-electron chi connectivity index (χ2n) is 4.69. The highest BCUT2D eigenvalue weighted by molar-refractivity contribution is 9.10. The summed E-state index contributed by atoms with van der Waals surface area (Å²) >= 11 is 4.75. The van der Waals surface area contributed by atoms with Gasteiger partial charge in [-0.1, -0.05) is 33.8 Å². The fourth-order valence-electron chi connectivity index (χ4n) is 1.78. The van der Waals surface area contributed by atoms with Crippen molar-refractivity contribution in [3.63, 3.8) is 0 Å². The van der Waals surface area contributed by atoms with E-state index in [0.29, 0.717) is 6.54 Å². The van der Waals surface area contributed by atoms with Gasteiger partial charge >= 0.3 is 0 Å². The van der Waals surface area contributed by atoms with Crippen LogP contribution in [0.25, 0.3) is 0 Å². The second kappa shape index (κ2) is 7.60. The largest absolute Gasteiger partial charge is 0.325 e. The summed E-state index contributed by atoms with van der Waals surface area (Å²) in [7, 11) is 0. The number of carbonyl (C=O) groups is 1. The van der Waals surface area contributed by atoms with Crippen molar-refractivity contribution in [3.05, 3.63) is 47.2 Å². The lowest BCUT2D eigenvalue weighted by Gasteiger charge is -2.12. The summed E-state index contributed by atoms with van der Waals surface area (Å²) < 4.78 is 2.90. The predicted octanol–water partition coefficient (Wildman–Crippen LogP) is 3.65. The lowest BCUT2D eigenvalue weighted by Crippen LogP contribution is -2.22. The molecule has 7 heteroatoms. The van der Waals surface area contributed by atoms with Gasteiger partial charge in [0.15, 0.2) is 5.16 Å². The highest BCUT2D eigenvalue weighted by Gasteiger charge is 2.18. The fourth-order valence-corrected chi connectivity index (χ4v) is 2.95. The quantitative estimate of drug-likeness (QED) is 0.613. The first-order valence-corrected chi connectivity index (χ1v) is 8.42. The van der Waals surface area contributed by atoms with Gasteiger partial charge in [0.05, 0.1) is 5.25 Å². The Hall–Kier alpha value is -1.60. The minimum Gasteiger partial charge on any atom is -0.325 e. The van der Waals surface area contributed by atoms with E-state index in [1.54, 1.807) is 6.08 Å². The van der Waals surface area contributed by atoms with Crippen molar-refractivity contribution in [2.45, 2.75) is 30.8 Å². The molecule has 0 saturated carbocycles. The van der Waals surface area contributed by atoms with Gasteiger partial charge in [-0.3, -0.25) is 4.79 Å². The lowest BCUT2D eigenvalue weighted by molar-refractivity contribution is -0.115. The molecule has 0 unspecified atom stereocenters. The monoisotopic (exact) mass is 380 g/mol. The van der Waals surface area contributed by atoms with Gasteiger partial charge in [-0.05, 0) is 38.1 Å². The van der Waals surface area contributed by atoms with Crippen LogP contribution in [-0.2, 0) is 11.3 Å². The molecule has 1 N–H and O–H groups in total. The van der Waals surface area contributed by atoms with E-state index in [-0.39, 0.29) is 11.2 Å². The van der Waals surface area contributed by atoms with Gasteiger partial charge in [0.25, 0.3) is 0 Å². The first-order chi connectivity index (χ1) is 10.5. The summed E-state index contributed by atoms with van der Waals surface area (Å²) in [6.45, 7) is 8.08. The zero-order valence-corrected chi connectivity index (χ0v) is 14.8. The van der Waals surface area contributed by atoms with Crippen LogP contribution in [0.2, 0.25) is 0 Å². The normalized spacial score (nSPS) is 12.0. The molecule has 2 aromatic rings. The van der Waals surface area contributed by atoms with Crippen molar-refractivity contribution in [3.8, 4) is 0 Å². The molecule has 5 nitrogen and oxygen atoms in total. The number of nitrogens with one attached hydrogen (secondary N) is 1. The Kier molecular flexibility index (Phi) is 5.79. The lowest BCUT2D eigenvalue weighted by atomic mass is 10.3. The van der Waals surface area contributed by atoms with E-state index in [9.17, 15) is 4.79 Å². The number of anilines is 1. The molecular formula is C15H17BrN4OS. The molecular weight excluding hydrogens is 364 g/mol. The van der Waals surface area contributed by atoms with Crippen LogP contribution in [0, 0.1) is 6.92 Å². The smallest absolute Gasteiger partial charge is 0.237 e. The topological polar surface area (TPSA) is 59.8 Å². The standard InChI is InChI=1S/C15H17BrN4OS/c1-4-9-20-11(3)18-19-15(20)22-10(2)14(21)17-13-7-5-12(16)6-8-13/h4-8,10H,1,9H2,2-3H3,(H,17,21)/t10-/m1/s1. The fraction of sp³-hybridized carbons (Fsp3) is 0.267. The third kappa shape index (κ3) is 4.20. The molecule has 0 saturated heterocycles. The zero-order chi connectivity index (χ0) is 16.1. The molecule has 0 fully saturated rings. The molecule has 0 aliphatic rings. The van der Waals surface area contributed by atoms with Crippen LogP contribution >= 0.6 is 27.7 Å². The number of amides is 1. The van der Waals surface area contributed by atoms with Crippen molar-refractivity contribution >= 4 is 39.3 Å². The number of rotatable bonds is 6. The van der Waals surface area contributed by atoms with Crippen molar-refractivity contribution in [1.82, 2.24) is 14.8 Å². The number of allylic oxidation sites excluding steroid dienone is 1. The summed E-state index contributed by atoms with van der Waals surface area (Å²) in [4.78, 5) is 12.3. The Bertz CT molecular complexity index is 669. The molecule has 0 radical (unpaired) electrons. The number of aromatic nitrogens is 3. The van der Waals surface area contributed by atoms with E-state index in [2.05, 4.69) is 38.0 Å².